The third-order valence-electron chi connectivity index (χ3n) is 11.2. The molecule has 50 heavy (non-hydrogen) atoms. The van der Waals surface area contributed by atoms with E-state index in [4.69, 9.17) is 0 Å². The van der Waals surface area contributed by atoms with Crippen molar-refractivity contribution in [2.45, 2.75) is 238 Å². The van der Waals surface area contributed by atoms with Crippen molar-refractivity contribution >= 4 is 11.4 Å². The van der Waals surface area contributed by atoms with Crippen LogP contribution in [0.4, 0.5) is 11.4 Å². The number of rotatable bonds is 37. The van der Waals surface area contributed by atoms with Crippen molar-refractivity contribution in [2.24, 2.45) is 0 Å². The fourth-order valence-corrected chi connectivity index (χ4v) is 8.01. The lowest BCUT2D eigenvalue weighted by molar-refractivity contribution is 0.472. The number of nitrogens with zero attached hydrogens (tertiary/aromatic N) is 1. The van der Waals surface area contributed by atoms with Crippen LogP contribution in [-0.2, 0) is 0 Å². The summed E-state index contributed by atoms with van der Waals surface area (Å²) in [7, 11) is 0. The first kappa shape index (κ1) is 44.4. The molecule has 1 nitrogen and oxygen atoms in total. The monoisotopic (exact) mass is 688 g/mol. The lowest BCUT2D eigenvalue weighted by atomic mass is 9.97. The predicted octanol–water partition coefficient (Wildman–Crippen LogP) is 17.5. The van der Waals surface area contributed by atoms with Crippen LogP contribution in [-0.4, -0.2) is 6.04 Å². The van der Waals surface area contributed by atoms with E-state index in [0.717, 1.165) is 0 Å². The number of unbranched alkanes of at least 4 members (excludes halogenated alkanes) is 30. The zero-order valence-electron chi connectivity index (χ0n) is 33.8. The molecule has 0 heterocycles. The highest BCUT2D eigenvalue weighted by molar-refractivity contribution is 5.64. The SMILES string of the molecule is CCCCCCCCCCCCCCCCCCC(CCCCCCCCCCCCCCCCCC)N(c1ccccc1)c1ccccc1. The molecule has 0 aliphatic heterocycles. The highest BCUT2D eigenvalue weighted by atomic mass is 15.2. The predicted molar refractivity (Wildman–Crippen MR) is 227 cm³/mol. The van der Waals surface area contributed by atoms with E-state index >= 15 is 0 Å². The number of anilines is 2. The second-order valence-corrected chi connectivity index (χ2v) is 15.9. The normalized spacial score (nSPS) is 11.5. The summed E-state index contributed by atoms with van der Waals surface area (Å²) in [5, 5.41) is 0. The standard InChI is InChI=1S/C49H85N/c1-3-5-7-9-11-13-15-17-19-21-23-25-27-29-31-35-41-47(50(48-43-37-33-38-44-48)49-45-39-34-40-46-49)42-36-32-30-28-26-24-22-20-18-16-14-12-10-8-6-4-2/h33-34,37-40,43-47H,3-32,35-36,41-42H2,1-2H3. The molecule has 2 aromatic rings. The summed E-state index contributed by atoms with van der Waals surface area (Å²) in [5.74, 6) is 0. The van der Waals surface area contributed by atoms with Crippen LogP contribution in [0.2, 0.25) is 0 Å². The van der Waals surface area contributed by atoms with Gasteiger partial charge in [-0.1, -0.05) is 256 Å². The summed E-state index contributed by atoms with van der Waals surface area (Å²) in [6, 6.07) is 23.0. The summed E-state index contributed by atoms with van der Waals surface area (Å²) in [6.07, 6.45) is 48.6. The van der Waals surface area contributed by atoms with Gasteiger partial charge < -0.3 is 4.90 Å². The van der Waals surface area contributed by atoms with Crippen molar-refractivity contribution < 1.29 is 0 Å². The van der Waals surface area contributed by atoms with Crippen LogP contribution in [0, 0.1) is 0 Å². The average molecular weight is 688 g/mol. The smallest absolute Gasteiger partial charge is 0.0413 e. The zero-order chi connectivity index (χ0) is 35.4. The molecular weight excluding hydrogens is 603 g/mol. The second kappa shape index (κ2) is 34.3. The Kier molecular flexibility index (Phi) is 30.5. The van der Waals surface area contributed by atoms with E-state index in [1.54, 1.807) is 0 Å². The minimum atomic E-state index is 0.582. The maximum absolute atomic E-state index is 2.68. The van der Waals surface area contributed by atoms with Crippen LogP contribution in [0.5, 0.6) is 0 Å². The molecule has 2 rings (SSSR count). The van der Waals surface area contributed by atoms with Crippen molar-refractivity contribution in [3.63, 3.8) is 0 Å². The maximum atomic E-state index is 2.68. The Bertz CT molecular complexity index is 847. The Morgan fingerprint density at radius 3 is 0.760 bits per heavy atom. The Morgan fingerprint density at radius 1 is 0.300 bits per heavy atom. The summed E-state index contributed by atoms with van der Waals surface area (Å²) in [5.41, 5.74) is 2.72. The Morgan fingerprint density at radius 2 is 0.520 bits per heavy atom. The van der Waals surface area contributed by atoms with Crippen molar-refractivity contribution in [3.8, 4) is 0 Å². The lowest BCUT2D eigenvalue weighted by Gasteiger charge is -2.34. The molecule has 0 atom stereocenters. The molecule has 0 unspecified atom stereocenters. The molecule has 2 aromatic carbocycles. The van der Waals surface area contributed by atoms with Gasteiger partial charge in [-0.05, 0) is 37.1 Å². The van der Waals surface area contributed by atoms with E-state index in [0.29, 0.717) is 6.04 Å². The summed E-state index contributed by atoms with van der Waals surface area (Å²) < 4.78 is 0. The largest absolute Gasteiger partial charge is 0.338 e. The minimum Gasteiger partial charge on any atom is -0.338 e. The second-order valence-electron chi connectivity index (χ2n) is 15.9. The molecular formula is C49H85N. The molecule has 0 saturated carbocycles. The number of benzene rings is 2. The van der Waals surface area contributed by atoms with Crippen molar-refractivity contribution in [3.05, 3.63) is 60.7 Å². The molecule has 0 saturated heterocycles. The first-order valence-corrected chi connectivity index (χ1v) is 22.8. The average Bonchev–Trinajstić information content (AvgIpc) is 3.15. The minimum absolute atomic E-state index is 0.582. The molecule has 0 aliphatic rings. The highest BCUT2D eigenvalue weighted by Gasteiger charge is 2.20. The van der Waals surface area contributed by atoms with E-state index in [2.05, 4.69) is 79.4 Å². The molecule has 286 valence electrons. The van der Waals surface area contributed by atoms with Gasteiger partial charge in [-0.15, -0.1) is 0 Å². The maximum Gasteiger partial charge on any atom is 0.0413 e. The Labute approximate surface area is 314 Å². The first-order chi connectivity index (χ1) is 24.9. The first-order valence-electron chi connectivity index (χ1n) is 22.8. The molecule has 0 aromatic heterocycles. The van der Waals surface area contributed by atoms with Gasteiger partial charge in [-0.2, -0.15) is 0 Å². The number of hydrogen-bond donors (Lipinski definition) is 0. The molecule has 0 fully saturated rings. The quantitative estimate of drug-likeness (QED) is 0.0639. The van der Waals surface area contributed by atoms with Gasteiger partial charge in [0.2, 0.25) is 0 Å². The van der Waals surface area contributed by atoms with Gasteiger partial charge in [0, 0.05) is 17.4 Å². The third kappa shape index (κ3) is 24.4. The summed E-state index contributed by atoms with van der Waals surface area (Å²) >= 11 is 0. The lowest BCUT2D eigenvalue weighted by Crippen LogP contribution is -2.31. The van der Waals surface area contributed by atoms with E-state index < -0.39 is 0 Å². The van der Waals surface area contributed by atoms with Crippen LogP contribution >= 0.6 is 0 Å². The fraction of sp³-hybridized carbons (Fsp3) is 0.755. The molecule has 0 bridgehead atoms. The van der Waals surface area contributed by atoms with Crippen LogP contribution in [0.15, 0.2) is 60.7 Å². The Balaban J connectivity index is 1.63. The van der Waals surface area contributed by atoms with Crippen molar-refractivity contribution in [1.29, 1.82) is 0 Å². The Hall–Kier alpha value is -1.76. The molecule has 0 spiro atoms. The van der Waals surface area contributed by atoms with Crippen molar-refractivity contribution in [1.82, 2.24) is 0 Å². The van der Waals surface area contributed by atoms with Crippen LogP contribution in [0.3, 0.4) is 0 Å². The van der Waals surface area contributed by atoms with Crippen molar-refractivity contribution in [2.75, 3.05) is 4.90 Å². The van der Waals surface area contributed by atoms with E-state index in [1.807, 2.05) is 0 Å². The van der Waals surface area contributed by atoms with Gasteiger partial charge in [0.25, 0.3) is 0 Å². The molecule has 0 N–H and O–H groups in total. The molecule has 0 radical (unpaired) electrons. The number of para-hydroxylation sites is 2. The van der Waals surface area contributed by atoms with Gasteiger partial charge in [-0.3, -0.25) is 0 Å². The van der Waals surface area contributed by atoms with E-state index in [1.165, 1.54) is 230 Å². The van der Waals surface area contributed by atoms with Gasteiger partial charge in [0.05, 0.1) is 0 Å². The van der Waals surface area contributed by atoms with Gasteiger partial charge in [-0.25, -0.2) is 0 Å². The number of hydrogen-bond acceptors (Lipinski definition) is 1. The van der Waals surface area contributed by atoms with Gasteiger partial charge in [0.1, 0.15) is 0 Å². The topological polar surface area (TPSA) is 3.24 Å². The third-order valence-corrected chi connectivity index (χ3v) is 11.2. The summed E-state index contributed by atoms with van der Waals surface area (Å²) in [6.45, 7) is 4.62. The fourth-order valence-electron chi connectivity index (χ4n) is 8.01. The van der Waals surface area contributed by atoms with E-state index in [-0.39, 0.29) is 0 Å². The van der Waals surface area contributed by atoms with Crippen LogP contribution in [0.1, 0.15) is 232 Å². The van der Waals surface area contributed by atoms with Gasteiger partial charge in [0.15, 0.2) is 0 Å². The highest BCUT2D eigenvalue weighted by Crippen LogP contribution is 2.32. The van der Waals surface area contributed by atoms with Crippen LogP contribution in [0.25, 0.3) is 0 Å². The summed E-state index contributed by atoms with van der Waals surface area (Å²) in [4.78, 5) is 2.68. The molecule has 0 amide bonds. The van der Waals surface area contributed by atoms with Crippen LogP contribution < -0.4 is 4.90 Å². The van der Waals surface area contributed by atoms with Gasteiger partial charge >= 0.3 is 0 Å². The zero-order valence-corrected chi connectivity index (χ0v) is 33.8. The molecule has 1 heteroatoms. The molecule has 0 aliphatic carbocycles. The van der Waals surface area contributed by atoms with E-state index in [9.17, 15) is 0 Å².